The second-order valence-corrected chi connectivity index (χ2v) is 11.4. The van der Waals surface area contributed by atoms with Gasteiger partial charge in [0.15, 0.2) is 15.7 Å². The summed E-state index contributed by atoms with van der Waals surface area (Å²) in [5.41, 5.74) is 5.19. The van der Waals surface area contributed by atoms with Gasteiger partial charge in [-0.2, -0.15) is 0 Å². The molecule has 0 aliphatic carbocycles. The number of ether oxygens (including phenoxy) is 1. The van der Waals surface area contributed by atoms with Gasteiger partial charge >= 0.3 is 0 Å². The number of fused-ring (bicyclic) bond motifs is 1. The molecule has 182 valence electrons. The van der Waals surface area contributed by atoms with Crippen molar-refractivity contribution in [1.82, 2.24) is 15.0 Å². The number of nitrogens with zero attached hydrogens (tertiary/aromatic N) is 4. The summed E-state index contributed by atoms with van der Waals surface area (Å²) in [6, 6.07) is 5.01. The summed E-state index contributed by atoms with van der Waals surface area (Å²) >= 11 is 0. The van der Waals surface area contributed by atoms with Crippen molar-refractivity contribution in [1.29, 1.82) is 0 Å². The molecule has 1 aliphatic heterocycles. The molecule has 11 heteroatoms. The van der Waals surface area contributed by atoms with Gasteiger partial charge in [0.1, 0.15) is 45.6 Å². The number of aliphatic imine (C=N–C) groups is 1. The molecule has 0 radical (unpaired) electrons. The quantitative estimate of drug-likeness (QED) is 0.515. The number of pyridine rings is 3. The molecule has 35 heavy (non-hydrogen) atoms. The number of hydrogen-bond acceptors (Lipinski definition) is 9. The number of aromatic nitrogens is 3. The highest BCUT2D eigenvalue weighted by Crippen LogP contribution is 2.38. The van der Waals surface area contributed by atoms with E-state index in [1.165, 1.54) is 26.8 Å². The first-order valence-electron chi connectivity index (χ1n) is 10.8. The van der Waals surface area contributed by atoms with E-state index in [1.54, 1.807) is 25.4 Å². The number of hydrogen-bond donors (Lipinski definition) is 2. The fourth-order valence-electron chi connectivity index (χ4n) is 3.72. The van der Waals surface area contributed by atoms with E-state index >= 15 is 0 Å². The van der Waals surface area contributed by atoms with Gasteiger partial charge in [-0.25, -0.2) is 27.8 Å². The molecule has 0 aromatic carbocycles. The lowest BCUT2D eigenvalue weighted by atomic mass is 9.94. The van der Waals surface area contributed by atoms with Crippen LogP contribution in [-0.2, 0) is 15.4 Å². The molecule has 4 rings (SSSR count). The third kappa shape index (κ3) is 4.49. The predicted octanol–water partition coefficient (Wildman–Crippen LogP) is 3.09. The molecule has 3 aromatic heterocycles. The van der Waals surface area contributed by atoms with Crippen LogP contribution in [0.25, 0.3) is 10.9 Å². The van der Waals surface area contributed by atoms with E-state index in [-0.39, 0.29) is 23.8 Å². The van der Waals surface area contributed by atoms with E-state index < -0.39 is 31.7 Å². The molecule has 0 saturated carbocycles. The summed E-state index contributed by atoms with van der Waals surface area (Å²) in [6.45, 7) is 6.50. The summed E-state index contributed by atoms with van der Waals surface area (Å²) < 4.78 is 44.9. The summed E-state index contributed by atoms with van der Waals surface area (Å²) in [4.78, 5) is 17.3. The van der Waals surface area contributed by atoms with Crippen molar-refractivity contribution in [2.75, 3.05) is 17.7 Å². The number of nitrogens with one attached hydrogen (secondary N) is 1. The Labute approximate surface area is 203 Å². The van der Waals surface area contributed by atoms with Crippen molar-refractivity contribution >= 4 is 38.2 Å². The number of anilines is 2. The zero-order valence-corrected chi connectivity index (χ0v) is 20.6. The predicted molar refractivity (Wildman–Crippen MR) is 133 cm³/mol. The molecule has 0 saturated heterocycles. The Morgan fingerprint density at radius 2 is 1.97 bits per heavy atom. The van der Waals surface area contributed by atoms with Crippen molar-refractivity contribution in [3.05, 3.63) is 48.2 Å². The molecule has 1 aliphatic rings. The van der Waals surface area contributed by atoms with Crippen LogP contribution in [0.5, 0.6) is 5.75 Å². The van der Waals surface area contributed by atoms with Crippen LogP contribution in [0.4, 0.5) is 16.0 Å². The minimum absolute atomic E-state index is 0.0536. The minimum Gasteiger partial charge on any atom is -0.479 e. The monoisotopic (exact) mass is 496 g/mol. The Morgan fingerprint density at radius 1 is 1.20 bits per heavy atom. The fraction of sp³-hybridized carbons (Fsp3) is 0.333. The molecule has 1 atom stereocenters. The van der Waals surface area contributed by atoms with E-state index in [0.717, 1.165) is 11.6 Å². The molecule has 4 heterocycles. The van der Waals surface area contributed by atoms with Crippen LogP contribution >= 0.6 is 0 Å². The molecule has 0 unspecified atom stereocenters. The topological polar surface area (TPSA) is 132 Å². The fourth-order valence-corrected chi connectivity index (χ4v) is 5.41. The first-order chi connectivity index (χ1) is 16.5. The van der Waals surface area contributed by atoms with Gasteiger partial charge in [0.25, 0.3) is 0 Å². The Morgan fingerprint density at radius 3 is 2.69 bits per heavy atom. The Kier molecular flexibility index (Phi) is 6.11. The van der Waals surface area contributed by atoms with Crippen molar-refractivity contribution in [3.8, 4) is 17.6 Å². The van der Waals surface area contributed by atoms with Gasteiger partial charge in [-0.05, 0) is 45.9 Å². The maximum Gasteiger partial charge on any atom is 0.165 e. The van der Waals surface area contributed by atoms with Gasteiger partial charge in [0.2, 0.25) is 0 Å². The highest BCUT2D eigenvalue weighted by Gasteiger charge is 2.49. The van der Waals surface area contributed by atoms with Crippen LogP contribution in [0.1, 0.15) is 33.3 Å². The standard InChI is InChI=1S/C24H25FN6O3S/c1-5-6-9-34-16-10-15-7-8-27-21(20(15)29-12-16)30-19-11-17(18(25)13-28-19)24(4)14-35(32,33)23(2,3)22(26)31-24/h7-8,10-13H,9,14H2,1-4H3,(H2,26,31)(H,27,28,30)/t24-/m0/s1. The van der Waals surface area contributed by atoms with E-state index in [0.29, 0.717) is 17.1 Å². The number of rotatable bonds is 5. The highest BCUT2D eigenvalue weighted by molar-refractivity contribution is 7.93. The van der Waals surface area contributed by atoms with Crippen LogP contribution in [-0.4, -0.2) is 46.3 Å². The van der Waals surface area contributed by atoms with Crippen LogP contribution in [0.15, 0.2) is 41.8 Å². The molecule has 0 amide bonds. The van der Waals surface area contributed by atoms with Crippen molar-refractivity contribution in [3.63, 3.8) is 0 Å². The lowest BCUT2D eigenvalue weighted by Crippen LogP contribution is -2.55. The molecular weight excluding hydrogens is 471 g/mol. The number of amidine groups is 1. The second kappa shape index (κ2) is 8.78. The molecule has 0 bridgehead atoms. The van der Waals surface area contributed by atoms with Gasteiger partial charge in [0, 0.05) is 17.1 Å². The largest absolute Gasteiger partial charge is 0.479 e. The Bertz CT molecular complexity index is 1510. The van der Waals surface area contributed by atoms with E-state index in [4.69, 9.17) is 10.5 Å². The number of halogens is 1. The SMILES string of the molecule is CC#CCOc1cnc2c(Nc3cc([C@]4(C)CS(=O)(=O)C(C)(C)C(N)=N4)c(F)cn3)nccc2c1. The zero-order valence-electron chi connectivity index (χ0n) is 19.8. The van der Waals surface area contributed by atoms with Crippen molar-refractivity contribution in [2.24, 2.45) is 10.7 Å². The molecule has 3 N–H and O–H groups in total. The van der Waals surface area contributed by atoms with Gasteiger partial charge in [-0.1, -0.05) is 5.92 Å². The summed E-state index contributed by atoms with van der Waals surface area (Å²) in [7, 11) is -3.70. The van der Waals surface area contributed by atoms with Gasteiger partial charge in [-0.15, -0.1) is 5.92 Å². The smallest absolute Gasteiger partial charge is 0.165 e. The Hall–Kier alpha value is -3.78. The van der Waals surface area contributed by atoms with E-state index in [9.17, 15) is 12.8 Å². The van der Waals surface area contributed by atoms with Crippen molar-refractivity contribution < 1.29 is 17.5 Å². The lowest BCUT2D eigenvalue weighted by Gasteiger charge is -2.37. The van der Waals surface area contributed by atoms with Crippen molar-refractivity contribution in [2.45, 2.75) is 38.0 Å². The number of nitrogens with two attached hydrogens (primary N) is 1. The molecule has 3 aromatic rings. The van der Waals surface area contributed by atoms with E-state index in [2.05, 4.69) is 37.1 Å². The second-order valence-electron chi connectivity index (χ2n) is 8.83. The molecule has 0 fully saturated rings. The van der Waals surface area contributed by atoms with Crippen LogP contribution in [0.2, 0.25) is 0 Å². The first kappa shape index (κ1) is 24.3. The van der Waals surface area contributed by atoms with Gasteiger partial charge in [0.05, 0.1) is 18.1 Å². The normalized spacial score (nSPS) is 20.4. The van der Waals surface area contributed by atoms with Crippen LogP contribution in [0.3, 0.4) is 0 Å². The minimum atomic E-state index is -3.70. The third-order valence-corrected chi connectivity index (χ3v) is 8.68. The summed E-state index contributed by atoms with van der Waals surface area (Å²) in [5, 5.41) is 3.81. The van der Waals surface area contributed by atoms with Crippen LogP contribution < -0.4 is 15.8 Å². The summed E-state index contributed by atoms with van der Waals surface area (Å²) in [5.74, 6) is 5.62. The highest BCUT2D eigenvalue weighted by atomic mass is 32.2. The molecule has 0 spiro atoms. The molecule has 9 nitrogen and oxygen atoms in total. The van der Waals surface area contributed by atoms with Gasteiger partial charge < -0.3 is 15.8 Å². The van der Waals surface area contributed by atoms with E-state index in [1.807, 2.05) is 6.07 Å². The average molecular weight is 497 g/mol. The summed E-state index contributed by atoms with van der Waals surface area (Å²) in [6.07, 6.45) is 4.16. The van der Waals surface area contributed by atoms with Crippen LogP contribution in [0, 0.1) is 17.7 Å². The first-order valence-corrected chi connectivity index (χ1v) is 12.4. The maximum atomic E-state index is 14.9. The Balaban J connectivity index is 1.70. The number of sulfone groups is 1. The molecular formula is C24H25FN6O3S. The third-order valence-electron chi connectivity index (χ3n) is 5.98. The zero-order chi connectivity index (χ0) is 25.4. The maximum absolute atomic E-state index is 14.9. The lowest BCUT2D eigenvalue weighted by molar-refractivity contribution is 0.369. The average Bonchev–Trinajstić information content (AvgIpc) is 2.79. The van der Waals surface area contributed by atoms with Gasteiger partial charge in [-0.3, -0.25) is 4.99 Å².